The molecule has 2 unspecified atom stereocenters. The summed E-state index contributed by atoms with van der Waals surface area (Å²) in [7, 11) is 1.63. The van der Waals surface area contributed by atoms with Crippen LogP contribution in [0.25, 0.3) is 0 Å². The fraction of sp³-hybridized carbons (Fsp3) is 0.250. The van der Waals surface area contributed by atoms with Crippen LogP contribution in [-0.4, -0.2) is 18.3 Å². The maximum atomic E-state index is 10.3. The second-order valence-electron chi connectivity index (χ2n) is 4.46. The number of ether oxygens (including phenoxy) is 1. The Morgan fingerprint density at radius 3 is 2.26 bits per heavy atom. The van der Waals surface area contributed by atoms with Crippen molar-refractivity contribution < 1.29 is 9.84 Å². The first-order valence-electron chi connectivity index (χ1n) is 6.21. The van der Waals surface area contributed by atoms with Gasteiger partial charge in [0.2, 0.25) is 0 Å². The summed E-state index contributed by atoms with van der Waals surface area (Å²) in [5.41, 5.74) is 2.09. The van der Waals surface area contributed by atoms with E-state index in [9.17, 15) is 5.11 Å². The number of hydrogen-bond donors (Lipinski definition) is 1. The minimum Gasteiger partial charge on any atom is -0.390 e. The van der Waals surface area contributed by atoms with E-state index >= 15 is 0 Å². The highest BCUT2D eigenvalue weighted by Gasteiger charge is 2.20. The topological polar surface area (TPSA) is 29.5 Å². The van der Waals surface area contributed by atoms with E-state index in [0.29, 0.717) is 6.42 Å². The third-order valence-corrected chi connectivity index (χ3v) is 3.62. The minimum atomic E-state index is -0.562. The van der Waals surface area contributed by atoms with E-state index in [1.807, 2.05) is 54.6 Å². The Morgan fingerprint density at radius 1 is 1.05 bits per heavy atom. The van der Waals surface area contributed by atoms with Gasteiger partial charge in [0.05, 0.1) is 6.10 Å². The van der Waals surface area contributed by atoms with Gasteiger partial charge >= 0.3 is 0 Å². The highest BCUT2D eigenvalue weighted by atomic mass is 79.9. The molecule has 0 aliphatic heterocycles. The van der Waals surface area contributed by atoms with Crippen molar-refractivity contribution in [2.45, 2.75) is 18.6 Å². The van der Waals surface area contributed by atoms with Crippen LogP contribution in [0.5, 0.6) is 0 Å². The summed E-state index contributed by atoms with van der Waals surface area (Å²) in [6, 6.07) is 17.8. The lowest BCUT2D eigenvalue weighted by molar-refractivity contribution is -0.0128. The number of methoxy groups -OCH3 is 1. The van der Waals surface area contributed by atoms with Crippen LogP contribution >= 0.6 is 15.9 Å². The van der Waals surface area contributed by atoms with E-state index in [1.165, 1.54) is 0 Å². The zero-order valence-electron chi connectivity index (χ0n) is 10.8. The first kappa shape index (κ1) is 14.3. The molecule has 0 bridgehead atoms. The molecule has 100 valence electrons. The molecule has 0 saturated heterocycles. The smallest absolute Gasteiger partial charge is 0.108 e. The van der Waals surface area contributed by atoms with Crippen molar-refractivity contribution in [1.29, 1.82) is 0 Å². The number of hydrogen-bond acceptors (Lipinski definition) is 2. The largest absolute Gasteiger partial charge is 0.390 e. The highest BCUT2D eigenvalue weighted by molar-refractivity contribution is 9.10. The Morgan fingerprint density at radius 2 is 1.68 bits per heavy atom. The van der Waals surface area contributed by atoms with E-state index in [4.69, 9.17) is 4.74 Å². The van der Waals surface area contributed by atoms with Gasteiger partial charge in [0.15, 0.2) is 0 Å². The molecule has 0 saturated carbocycles. The van der Waals surface area contributed by atoms with Crippen LogP contribution in [0.2, 0.25) is 0 Å². The maximum Gasteiger partial charge on any atom is 0.108 e. The molecule has 2 aromatic rings. The van der Waals surface area contributed by atoms with Crippen molar-refractivity contribution in [1.82, 2.24) is 0 Å². The van der Waals surface area contributed by atoms with Crippen molar-refractivity contribution in [2.75, 3.05) is 7.11 Å². The lowest BCUT2D eigenvalue weighted by Gasteiger charge is -2.22. The Balaban J connectivity index is 2.09. The second-order valence-corrected chi connectivity index (χ2v) is 5.38. The number of aliphatic hydroxyl groups excluding tert-OH is 1. The van der Waals surface area contributed by atoms with Gasteiger partial charge in [-0.15, -0.1) is 0 Å². The van der Waals surface area contributed by atoms with Gasteiger partial charge in [-0.3, -0.25) is 0 Å². The third-order valence-electron chi connectivity index (χ3n) is 3.09. The lowest BCUT2D eigenvalue weighted by Crippen LogP contribution is -2.22. The summed E-state index contributed by atoms with van der Waals surface area (Å²) in [5, 5.41) is 10.3. The van der Waals surface area contributed by atoms with Crippen LogP contribution in [0.15, 0.2) is 59.1 Å². The molecule has 2 rings (SSSR count). The summed E-state index contributed by atoms with van der Waals surface area (Å²) >= 11 is 3.40. The van der Waals surface area contributed by atoms with E-state index in [1.54, 1.807) is 7.11 Å². The maximum absolute atomic E-state index is 10.3. The molecule has 2 aromatic carbocycles. The monoisotopic (exact) mass is 320 g/mol. The molecule has 0 radical (unpaired) electrons. The predicted molar refractivity (Wildman–Crippen MR) is 80.0 cm³/mol. The summed E-state index contributed by atoms with van der Waals surface area (Å²) in [6.45, 7) is 0. The van der Waals surface area contributed by atoms with E-state index in [0.717, 1.165) is 15.6 Å². The van der Waals surface area contributed by atoms with Gasteiger partial charge in [-0.2, -0.15) is 0 Å². The molecule has 0 aliphatic carbocycles. The quantitative estimate of drug-likeness (QED) is 0.909. The molecule has 1 N–H and O–H groups in total. The van der Waals surface area contributed by atoms with E-state index < -0.39 is 6.10 Å². The molecule has 2 nitrogen and oxygen atoms in total. The van der Waals surface area contributed by atoms with Crippen molar-refractivity contribution in [2.24, 2.45) is 0 Å². The average molecular weight is 321 g/mol. The van der Waals surface area contributed by atoms with Gasteiger partial charge in [-0.05, 0) is 23.3 Å². The van der Waals surface area contributed by atoms with Gasteiger partial charge in [0.1, 0.15) is 6.10 Å². The number of aliphatic hydroxyl groups is 1. The van der Waals surface area contributed by atoms with Crippen LogP contribution in [-0.2, 0) is 11.2 Å². The molecule has 0 aliphatic rings. The highest BCUT2D eigenvalue weighted by Crippen LogP contribution is 2.23. The Hall–Kier alpha value is -1.16. The van der Waals surface area contributed by atoms with Crippen molar-refractivity contribution >= 4 is 15.9 Å². The average Bonchev–Trinajstić information content (AvgIpc) is 2.43. The SMILES string of the molecule is COC(c1ccccc1)C(O)Cc1ccc(Br)cc1. The zero-order chi connectivity index (χ0) is 13.7. The Bertz CT molecular complexity index is 496. The van der Waals surface area contributed by atoms with E-state index in [2.05, 4.69) is 15.9 Å². The molecule has 0 spiro atoms. The van der Waals surface area contributed by atoms with Crippen LogP contribution in [0.3, 0.4) is 0 Å². The third kappa shape index (κ3) is 3.90. The second kappa shape index (κ2) is 6.85. The van der Waals surface area contributed by atoms with Gasteiger partial charge in [-0.1, -0.05) is 58.4 Å². The molecule has 0 heterocycles. The molecule has 19 heavy (non-hydrogen) atoms. The van der Waals surface area contributed by atoms with Crippen molar-refractivity contribution in [3.63, 3.8) is 0 Å². The molecule has 3 heteroatoms. The molecular weight excluding hydrogens is 304 g/mol. The number of benzene rings is 2. The van der Waals surface area contributed by atoms with Crippen LogP contribution in [0.1, 0.15) is 17.2 Å². The Labute approximate surface area is 122 Å². The Kier molecular flexibility index (Phi) is 5.14. The standard InChI is InChI=1S/C16H17BrO2/c1-19-16(13-5-3-2-4-6-13)15(18)11-12-7-9-14(17)10-8-12/h2-10,15-16,18H,11H2,1H3. The molecular formula is C16H17BrO2. The van der Waals surface area contributed by atoms with Gasteiger partial charge in [0.25, 0.3) is 0 Å². The lowest BCUT2D eigenvalue weighted by atomic mass is 9.98. The van der Waals surface area contributed by atoms with Gasteiger partial charge < -0.3 is 9.84 Å². The summed E-state index contributed by atoms with van der Waals surface area (Å²) in [4.78, 5) is 0. The minimum absolute atomic E-state index is 0.301. The fourth-order valence-electron chi connectivity index (χ4n) is 2.13. The van der Waals surface area contributed by atoms with Crippen LogP contribution < -0.4 is 0 Å². The normalized spacial score (nSPS) is 14.1. The summed E-state index contributed by atoms with van der Waals surface area (Å²) < 4.78 is 6.47. The van der Waals surface area contributed by atoms with Gasteiger partial charge in [-0.25, -0.2) is 0 Å². The fourth-order valence-corrected chi connectivity index (χ4v) is 2.39. The molecule has 0 fully saturated rings. The van der Waals surface area contributed by atoms with Crippen LogP contribution in [0, 0.1) is 0 Å². The first-order valence-corrected chi connectivity index (χ1v) is 7.00. The zero-order valence-corrected chi connectivity index (χ0v) is 12.4. The molecule has 0 aromatic heterocycles. The van der Waals surface area contributed by atoms with Crippen molar-refractivity contribution in [3.05, 3.63) is 70.2 Å². The number of rotatable bonds is 5. The summed E-state index contributed by atoms with van der Waals surface area (Å²) in [5.74, 6) is 0. The molecule has 2 atom stereocenters. The molecule has 0 amide bonds. The predicted octanol–water partition coefficient (Wildman–Crippen LogP) is 3.74. The van der Waals surface area contributed by atoms with Crippen molar-refractivity contribution in [3.8, 4) is 0 Å². The van der Waals surface area contributed by atoms with Crippen LogP contribution in [0.4, 0.5) is 0 Å². The van der Waals surface area contributed by atoms with E-state index in [-0.39, 0.29) is 6.10 Å². The summed E-state index contributed by atoms with van der Waals surface area (Å²) in [6.07, 6.45) is -0.292. The number of halogens is 1. The van der Waals surface area contributed by atoms with Gasteiger partial charge in [0, 0.05) is 18.0 Å². The first-order chi connectivity index (χ1) is 9.20.